The molecule has 0 aliphatic carbocycles. The lowest BCUT2D eigenvalue weighted by atomic mass is 10.4. The highest BCUT2D eigenvalue weighted by molar-refractivity contribution is 14.1. The van der Waals surface area contributed by atoms with Crippen molar-refractivity contribution in [2.24, 2.45) is 0 Å². The molecule has 0 unspecified atom stereocenters. The van der Waals surface area contributed by atoms with Gasteiger partial charge in [0.2, 0.25) is 0 Å². The summed E-state index contributed by atoms with van der Waals surface area (Å²) in [5.41, 5.74) is 0. The van der Waals surface area contributed by atoms with Crippen molar-refractivity contribution in [3.8, 4) is 0 Å². The summed E-state index contributed by atoms with van der Waals surface area (Å²) in [5, 5.41) is 0. The topological polar surface area (TPSA) is 0 Å². The summed E-state index contributed by atoms with van der Waals surface area (Å²) in [5.74, 6) is 0. The third kappa shape index (κ3) is 2.61. The summed E-state index contributed by atoms with van der Waals surface area (Å²) in [4.78, 5) is 0. The first-order chi connectivity index (χ1) is 5.46. The van der Waals surface area contributed by atoms with Gasteiger partial charge in [0.05, 0.1) is 0 Å². The minimum atomic E-state index is 1.20. The molecule has 0 aliphatic rings. The average Bonchev–Trinajstić information content (AvgIpc) is 2.08. The maximum atomic E-state index is 3.57. The molecule has 0 spiro atoms. The highest BCUT2D eigenvalue weighted by Crippen LogP contribution is 2.38. The van der Waals surface area contributed by atoms with Crippen LogP contribution in [0.4, 0.5) is 0 Å². The maximum Gasteiger partial charge on any atom is 0.0464 e. The molecular formula is C6Br2I4. The summed E-state index contributed by atoms with van der Waals surface area (Å²) < 4.78 is 7.46. The smallest absolute Gasteiger partial charge is 0.0464 e. The van der Waals surface area contributed by atoms with E-state index in [0.29, 0.717) is 0 Å². The van der Waals surface area contributed by atoms with Crippen molar-refractivity contribution in [2.45, 2.75) is 0 Å². The predicted octanol–water partition coefficient (Wildman–Crippen LogP) is 5.63. The van der Waals surface area contributed by atoms with Gasteiger partial charge >= 0.3 is 0 Å². The Balaban J connectivity index is 3.60. The second kappa shape index (κ2) is 5.43. The van der Waals surface area contributed by atoms with E-state index in [4.69, 9.17) is 0 Å². The SMILES string of the molecule is Brc1c(I)c(I)c(Br)c(I)c1I. The van der Waals surface area contributed by atoms with Crippen molar-refractivity contribution >= 4 is 122 Å². The second-order valence-electron chi connectivity index (χ2n) is 1.88. The zero-order valence-electron chi connectivity index (χ0n) is 5.27. The van der Waals surface area contributed by atoms with Crippen LogP contribution in [-0.4, -0.2) is 0 Å². The Morgan fingerprint density at radius 3 is 0.917 bits per heavy atom. The average molecular weight is 739 g/mol. The minimum Gasteiger partial charge on any atom is -0.0484 e. The monoisotopic (exact) mass is 737 g/mol. The Morgan fingerprint density at radius 2 is 0.750 bits per heavy atom. The van der Waals surface area contributed by atoms with Crippen molar-refractivity contribution in [3.05, 3.63) is 23.2 Å². The first kappa shape index (κ1) is 13.2. The van der Waals surface area contributed by atoms with Gasteiger partial charge in [-0.1, -0.05) is 0 Å². The van der Waals surface area contributed by atoms with Gasteiger partial charge < -0.3 is 0 Å². The number of halogens is 6. The van der Waals surface area contributed by atoms with Gasteiger partial charge in [0.15, 0.2) is 0 Å². The van der Waals surface area contributed by atoms with Gasteiger partial charge in [-0.2, -0.15) is 0 Å². The summed E-state index contributed by atoms with van der Waals surface area (Å²) in [6, 6.07) is 0. The molecule has 0 nitrogen and oxygen atoms in total. The van der Waals surface area contributed by atoms with Gasteiger partial charge in [0, 0.05) is 23.2 Å². The van der Waals surface area contributed by atoms with E-state index in [2.05, 4.69) is 122 Å². The molecule has 1 aromatic rings. The molecule has 0 aliphatic heterocycles. The molecule has 0 saturated heterocycles. The van der Waals surface area contributed by atoms with E-state index in [1.165, 1.54) is 23.2 Å². The van der Waals surface area contributed by atoms with E-state index < -0.39 is 0 Å². The van der Waals surface area contributed by atoms with Crippen LogP contribution in [0.25, 0.3) is 0 Å². The van der Waals surface area contributed by atoms with Crippen LogP contribution in [0.2, 0.25) is 0 Å². The van der Waals surface area contributed by atoms with E-state index >= 15 is 0 Å². The Morgan fingerprint density at radius 1 is 0.583 bits per heavy atom. The van der Waals surface area contributed by atoms with Crippen molar-refractivity contribution in [1.82, 2.24) is 0 Å². The lowest BCUT2D eigenvalue weighted by molar-refractivity contribution is 1.40. The van der Waals surface area contributed by atoms with Crippen LogP contribution in [-0.2, 0) is 0 Å². The highest BCUT2D eigenvalue weighted by atomic mass is 127. The summed E-state index contributed by atoms with van der Waals surface area (Å²) in [6.07, 6.45) is 0. The fourth-order valence-electron chi connectivity index (χ4n) is 0.578. The van der Waals surface area contributed by atoms with Crippen LogP contribution in [0.15, 0.2) is 8.95 Å². The van der Waals surface area contributed by atoms with E-state index in [-0.39, 0.29) is 0 Å². The molecule has 0 aromatic heterocycles. The van der Waals surface area contributed by atoms with Crippen molar-refractivity contribution in [1.29, 1.82) is 0 Å². The minimum absolute atomic E-state index is 1.20. The molecule has 0 saturated carbocycles. The first-order valence-corrected chi connectivity index (χ1v) is 8.53. The molecule has 12 heavy (non-hydrogen) atoms. The van der Waals surface area contributed by atoms with E-state index in [1.54, 1.807) is 0 Å². The summed E-state index contributed by atoms with van der Waals surface area (Å²) in [7, 11) is 0. The normalized spacial score (nSPS) is 10.5. The van der Waals surface area contributed by atoms with Crippen molar-refractivity contribution in [2.75, 3.05) is 0 Å². The Kier molecular flexibility index (Phi) is 5.96. The molecule has 0 heterocycles. The van der Waals surface area contributed by atoms with Crippen LogP contribution >= 0.6 is 122 Å². The van der Waals surface area contributed by atoms with Crippen molar-refractivity contribution in [3.63, 3.8) is 0 Å². The van der Waals surface area contributed by atoms with Gasteiger partial charge in [-0.25, -0.2) is 0 Å². The van der Waals surface area contributed by atoms with Gasteiger partial charge in [-0.3, -0.25) is 0 Å². The Bertz CT molecular complexity index is 232. The van der Waals surface area contributed by atoms with Crippen LogP contribution in [0, 0.1) is 14.3 Å². The first-order valence-electron chi connectivity index (χ1n) is 2.63. The molecule has 1 aromatic carbocycles. The zero-order chi connectivity index (χ0) is 9.46. The van der Waals surface area contributed by atoms with Gasteiger partial charge in [0.1, 0.15) is 0 Å². The van der Waals surface area contributed by atoms with Crippen LogP contribution in [0.1, 0.15) is 0 Å². The largest absolute Gasteiger partial charge is 0.0484 e. The standard InChI is InChI=1S/C6Br2I4/c7-1-3(9)5(11)2(8)6(12)4(1)10. The summed E-state index contributed by atoms with van der Waals surface area (Å²) >= 11 is 16.5. The van der Waals surface area contributed by atoms with Gasteiger partial charge in [0.25, 0.3) is 0 Å². The number of rotatable bonds is 0. The maximum absolute atomic E-state index is 3.57. The van der Waals surface area contributed by atoms with Gasteiger partial charge in [-0.05, 0) is 122 Å². The molecule has 0 amide bonds. The van der Waals surface area contributed by atoms with E-state index in [1.807, 2.05) is 0 Å². The molecular weight excluding hydrogens is 739 g/mol. The van der Waals surface area contributed by atoms with E-state index in [0.717, 1.165) is 0 Å². The molecule has 1 rings (SSSR count). The molecule has 6 heteroatoms. The molecule has 66 valence electrons. The lowest BCUT2D eigenvalue weighted by Gasteiger charge is -2.08. The predicted molar refractivity (Wildman–Crippen MR) is 92.7 cm³/mol. The number of benzene rings is 1. The van der Waals surface area contributed by atoms with Crippen molar-refractivity contribution < 1.29 is 0 Å². The lowest BCUT2D eigenvalue weighted by Crippen LogP contribution is -1.93. The number of hydrogen-bond acceptors (Lipinski definition) is 0. The molecule has 0 atom stereocenters. The van der Waals surface area contributed by atoms with Crippen LogP contribution < -0.4 is 0 Å². The van der Waals surface area contributed by atoms with Gasteiger partial charge in [-0.15, -0.1) is 0 Å². The summed E-state index contributed by atoms with van der Waals surface area (Å²) in [6.45, 7) is 0. The quantitative estimate of drug-likeness (QED) is 0.184. The highest BCUT2D eigenvalue weighted by Gasteiger charge is 2.14. The Labute approximate surface area is 142 Å². The van der Waals surface area contributed by atoms with Crippen LogP contribution in [0.5, 0.6) is 0 Å². The third-order valence-electron chi connectivity index (χ3n) is 1.16. The number of hydrogen-bond donors (Lipinski definition) is 0. The third-order valence-corrected chi connectivity index (χ3v) is 12.1. The molecule has 0 N–H and O–H groups in total. The Hall–Kier alpha value is 3.10. The molecule has 0 radical (unpaired) electrons. The molecule has 0 fully saturated rings. The molecule has 0 bridgehead atoms. The van der Waals surface area contributed by atoms with Crippen LogP contribution in [0.3, 0.4) is 0 Å². The second-order valence-corrected chi connectivity index (χ2v) is 7.78. The fraction of sp³-hybridized carbons (Fsp3) is 0. The van der Waals surface area contributed by atoms with E-state index in [9.17, 15) is 0 Å². The fourth-order valence-corrected chi connectivity index (χ4v) is 6.04. The zero-order valence-corrected chi connectivity index (χ0v) is 17.1.